The van der Waals surface area contributed by atoms with Gasteiger partial charge in [-0.2, -0.15) is 0 Å². The zero-order valence-corrected chi connectivity index (χ0v) is 10.00. The molecule has 0 heterocycles. The van der Waals surface area contributed by atoms with Crippen molar-refractivity contribution in [1.29, 1.82) is 0 Å². The van der Waals surface area contributed by atoms with E-state index in [1.807, 2.05) is 6.92 Å². The third-order valence-electron chi connectivity index (χ3n) is 3.86. The van der Waals surface area contributed by atoms with Crippen molar-refractivity contribution in [3.63, 3.8) is 0 Å². The van der Waals surface area contributed by atoms with Gasteiger partial charge in [-0.05, 0) is 19.8 Å². The van der Waals surface area contributed by atoms with Gasteiger partial charge in [-0.1, -0.05) is 12.8 Å². The van der Waals surface area contributed by atoms with E-state index in [9.17, 15) is 4.79 Å². The zero-order valence-electron chi connectivity index (χ0n) is 10.00. The van der Waals surface area contributed by atoms with Crippen LogP contribution in [0.1, 0.15) is 45.4 Å². The largest absolute Gasteiger partial charge is 0.378 e. The van der Waals surface area contributed by atoms with E-state index in [1.54, 1.807) is 0 Å². The molecular formula is C12H22N2O2. The lowest BCUT2D eigenvalue weighted by Crippen LogP contribution is -2.67. The summed E-state index contributed by atoms with van der Waals surface area (Å²) >= 11 is 0. The molecular weight excluding hydrogens is 204 g/mol. The van der Waals surface area contributed by atoms with Crippen molar-refractivity contribution in [3.05, 3.63) is 0 Å². The monoisotopic (exact) mass is 226 g/mol. The molecule has 0 radical (unpaired) electrons. The summed E-state index contributed by atoms with van der Waals surface area (Å²) in [6.07, 6.45) is 6.58. The van der Waals surface area contributed by atoms with Crippen LogP contribution in [0.3, 0.4) is 0 Å². The predicted octanol–water partition coefficient (Wildman–Crippen LogP) is 0.942. The van der Waals surface area contributed by atoms with Crippen molar-refractivity contribution >= 4 is 5.91 Å². The Morgan fingerprint density at radius 1 is 1.44 bits per heavy atom. The van der Waals surface area contributed by atoms with E-state index < -0.39 is 5.54 Å². The van der Waals surface area contributed by atoms with E-state index in [2.05, 4.69) is 5.32 Å². The molecule has 0 saturated heterocycles. The third kappa shape index (κ3) is 2.23. The van der Waals surface area contributed by atoms with Crippen LogP contribution in [0, 0.1) is 0 Å². The van der Waals surface area contributed by atoms with E-state index in [1.165, 1.54) is 25.7 Å². The average Bonchev–Trinajstić information content (AvgIpc) is 2.66. The lowest BCUT2D eigenvalue weighted by atomic mass is 9.73. The van der Waals surface area contributed by atoms with Crippen LogP contribution in [0.2, 0.25) is 0 Å². The van der Waals surface area contributed by atoms with Gasteiger partial charge in [0.05, 0.1) is 6.10 Å². The summed E-state index contributed by atoms with van der Waals surface area (Å²) in [6, 6.07) is 0.482. The standard InChI is InChI=1S/C12H22N2O2/c1-2-16-10-7-12(8-10,11(13)15)14-9-5-3-4-6-9/h9-10,14H,2-8H2,1H3,(H2,13,15). The second-order valence-electron chi connectivity index (χ2n) is 5.06. The highest BCUT2D eigenvalue weighted by Crippen LogP contribution is 2.36. The maximum absolute atomic E-state index is 11.5. The number of rotatable bonds is 5. The lowest BCUT2D eigenvalue weighted by molar-refractivity contribution is -0.137. The number of amides is 1. The smallest absolute Gasteiger partial charge is 0.237 e. The Morgan fingerprint density at radius 2 is 2.06 bits per heavy atom. The van der Waals surface area contributed by atoms with Gasteiger partial charge in [0.1, 0.15) is 5.54 Å². The Morgan fingerprint density at radius 3 is 2.56 bits per heavy atom. The molecule has 1 amide bonds. The van der Waals surface area contributed by atoms with Crippen LogP contribution < -0.4 is 11.1 Å². The summed E-state index contributed by atoms with van der Waals surface area (Å²) in [5, 5.41) is 3.46. The molecule has 4 nitrogen and oxygen atoms in total. The minimum atomic E-state index is -0.477. The fourth-order valence-corrected chi connectivity index (χ4v) is 2.92. The molecule has 2 aliphatic rings. The van der Waals surface area contributed by atoms with Crippen LogP contribution in [0.4, 0.5) is 0 Å². The maximum Gasteiger partial charge on any atom is 0.237 e. The van der Waals surface area contributed by atoms with E-state index in [0.717, 1.165) is 12.8 Å². The molecule has 2 fully saturated rings. The Balaban J connectivity index is 1.88. The van der Waals surface area contributed by atoms with E-state index in [0.29, 0.717) is 12.6 Å². The summed E-state index contributed by atoms with van der Waals surface area (Å²) in [7, 11) is 0. The molecule has 2 rings (SSSR count). The topological polar surface area (TPSA) is 64.3 Å². The number of carbonyl (C=O) groups excluding carboxylic acids is 1. The summed E-state index contributed by atoms with van der Waals surface area (Å²) < 4.78 is 5.50. The van der Waals surface area contributed by atoms with Gasteiger partial charge >= 0.3 is 0 Å². The van der Waals surface area contributed by atoms with Crippen molar-refractivity contribution in [2.45, 2.75) is 63.1 Å². The van der Waals surface area contributed by atoms with Crippen LogP contribution in [-0.2, 0) is 9.53 Å². The van der Waals surface area contributed by atoms with Crippen LogP contribution in [0.25, 0.3) is 0 Å². The van der Waals surface area contributed by atoms with Crippen LogP contribution in [0.5, 0.6) is 0 Å². The van der Waals surface area contributed by atoms with Gasteiger partial charge in [0, 0.05) is 25.5 Å². The van der Waals surface area contributed by atoms with Crippen molar-refractivity contribution < 1.29 is 9.53 Å². The Hall–Kier alpha value is -0.610. The van der Waals surface area contributed by atoms with Gasteiger partial charge in [-0.3, -0.25) is 4.79 Å². The van der Waals surface area contributed by atoms with Gasteiger partial charge in [-0.15, -0.1) is 0 Å². The quantitative estimate of drug-likeness (QED) is 0.733. The molecule has 0 spiro atoms. The van der Waals surface area contributed by atoms with Gasteiger partial charge in [-0.25, -0.2) is 0 Å². The minimum Gasteiger partial charge on any atom is -0.378 e. The molecule has 0 aromatic rings. The predicted molar refractivity (Wildman–Crippen MR) is 62.0 cm³/mol. The summed E-state index contributed by atoms with van der Waals surface area (Å²) in [5.41, 5.74) is 5.03. The highest BCUT2D eigenvalue weighted by molar-refractivity contribution is 5.86. The molecule has 0 aromatic carbocycles. The second kappa shape index (κ2) is 4.72. The average molecular weight is 226 g/mol. The molecule has 92 valence electrons. The van der Waals surface area contributed by atoms with Crippen molar-refractivity contribution in [3.8, 4) is 0 Å². The number of hydrogen-bond acceptors (Lipinski definition) is 3. The first-order chi connectivity index (χ1) is 7.66. The van der Waals surface area contributed by atoms with E-state index in [-0.39, 0.29) is 12.0 Å². The first kappa shape index (κ1) is 11.9. The number of hydrogen-bond donors (Lipinski definition) is 2. The van der Waals surface area contributed by atoms with E-state index >= 15 is 0 Å². The first-order valence-corrected chi connectivity index (χ1v) is 6.35. The van der Waals surface area contributed by atoms with Gasteiger partial charge in [0.2, 0.25) is 5.91 Å². The fraction of sp³-hybridized carbons (Fsp3) is 0.917. The van der Waals surface area contributed by atoms with Gasteiger partial charge in [0.25, 0.3) is 0 Å². The molecule has 0 atom stereocenters. The Labute approximate surface area is 96.9 Å². The molecule has 16 heavy (non-hydrogen) atoms. The van der Waals surface area contributed by atoms with Crippen LogP contribution in [0.15, 0.2) is 0 Å². The second-order valence-corrected chi connectivity index (χ2v) is 5.06. The number of carbonyl (C=O) groups is 1. The maximum atomic E-state index is 11.5. The number of primary amides is 1. The molecule has 2 saturated carbocycles. The van der Waals surface area contributed by atoms with Crippen LogP contribution >= 0.6 is 0 Å². The van der Waals surface area contributed by atoms with Crippen LogP contribution in [-0.4, -0.2) is 30.2 Å². The molecule has 0 aliphatic heterocycles. The Bertz CT molecular complexity index is 256. The third-order valence-corrected chi connectivity index (χ3v) is 3.86. The highest BCUT2D eigenvalue weighted by Gasteiger charge is 2.50. The SMILES string of the molecule is CCOC1CC(NC2CCCC2)(C(N)=O)C1. The minimum absolute atomic E-state index is 0.213. The molecule has 0 unspecified atom stereocenters. The molecule has 0 aromatic heterocycles. The fourth-order valence-electron chi connectivity index (χ4n) is 2.92. The van der Waals surface area contributed by atoms with Gasteiger partial charge < -0.3 is 15.8 Å². The van der Waals surface area contributed by atoms with Crippen molar-refractivity contribution in [1.82, 2.24) is 5.32 Å². The highest BCUT2D eigenvalue weighted by atomic mass is 16.5. The molecule has 0 bridgehead atoms. The Kier molecular flexibility index (Phi) is 3.50. The first-order valence-electron chi connectivity index (χ1n) is 6.35. The summed E-state index contributed by atoms with van der Waals surface area (Å²) in [6.45, 7) is 2.69. The number of nitrogens with one attached hydrogen (secondary N) is 1. The summed E-state index contributed by atoms with van der Waals surface area (Å²) in [5.74, 6) is -0.213. The molecule has 3 N–H and O–H groups in total. The molecule has 2 aliphatic carbocycles. The van der Waals surface area contributed by atoms with Crippen molar-refractivity contribution in [2.75, 3.05) is 6.61 Å². The number of nitrogens with two attached hydrogens (primary N) is 1. The number of ether oxygens (including phenoxy) is 1. The normalized spacial score (nSPS) is 34.9. The van der Waals surface area contributed by atoms with Crippen molar-refractivity contribution in [2.24, 2.45) is 5.73 Å². The van der Waals surface area contributed by atoms with E-state index in [4.69, 9.17) is 10.5 Å². The lowest BCUT2D eigenvalue weighted by Gasteiger charge is -2.46. The molecule has 4 heteroatoms. The zero-order chi connectivity index (χ0) is 11.6. The van der Waals surface area contributed by atoms with Gasteiger partial charge in [0.15, 0.2) is 0 Å². The summed E-state index contributed by atoms with van der Waals surface area (Å²) in [4.78, 5) is 11.5.